The molecule has 0 aliphatic carbocycles. The topological polar surface area (TPSA) is 20.2 Å². The molecule has 0 radical (unpaired) electrons. The van der Waals surface area contributed by atoms with Crippen molar-refractivity contribution in [3.8, 4) is 0 Å². The van der Waals surface area contributed by atoms with Gasteiger partial charge in [-0.15, -0.1) is 0 Å². The number of aliphatic hydroxyl groups is 1. The monoisotopic (exact) mass is 276 g/mol. The third kappa shape index (κ3) is 3.23. The highest BCUT2D eigenvalue weighted by Crippen LogP contribution is 2.25. The minimum atomic E-state index is -2.47. The van der Waals surface area contributed by atoms with E-state index in [0.717, 1.165) is 16.7 Å². The van der Waals surface area contributed by atoms with Crippen molar-refractivity contribution >= 4 is 0 Å². The second kappa shape index (κ2) is 6.14. The summed E-state index contributed by atoms with van der Waals surface area (Å²) in [5.41, 5.74) is 4.02. The molecule has 0 fully saturated rings. The Bertz CT molecular complexity index is 556. The average Bonchev–Trinajstić information content (AvgIpc) is 2.43. The van der Waals surface area contributed by atoms with E-state index < -0.39 is 12.5 Å². The van der Waals surface area contributed by atoms with Gasteiger partial charge in [0, 0.05) is 12.0 Å². The van der Waals surface area contributed by atoms with Crippen molar-refractivity contribution < 1.29 is 13.9 Å². The molecule has 0 amide bonds. The molecule has 0 saturated carbocycles. The Morgan fingerprint density at radius 1 is 0.900 bits per heavy atom. The summed E-state index contributed by atoms with van der Waals surface area (Å²) >= 11 is 0. The molecule has 0 spiro atoms. The molecule has 3 heteroatoms. The van der Waals surface area contributed by atoms with Crippen molar-refractivity contribution in [2.24, 2.45) is 0 Å². The molecule has 2 rings (SSSR count). The van der Waals surface area contributed by atoms with E-state index in [-0.39, 0.29) is 5.56 Å². The highest BCUT2D eigenvalue weighted by molar-refractivity contribution is 5.35. The predicted molar refractivity (Wildman–Crippen MR) is 76.0 cm³/mol. The van der Waals surface area contributed by atoms with Gasteiger partial charge in [0.15, 0.2) is 0 Å². The standard InChI is InChI=1S/C17H18F2O/c1-11-4-3-5-12(2)15(11)10-16(20)13-6-8-14(9-7-13)17(18)19/h3-9,16-17,20H,10H2,1-2H3. The van der Waals surface area contributed by atoms with E-state index in [2.05, 4.69) is 0 Å². The first-order valence-corrected chi connectivity index (χ1v) is 6.60. The molecule has 2 aromatic rings. The van der Waals surface area contributed by atoms with Crippen LogP contribution < -0.4 is 0 Å². The van der Waals surface area contributed by atoms with E-state index in [1.165, 1.54) is 12.1 Å². The van der Waals surface area contributed by atoms with Gasteiger partial charge in [-0.05, 0) is 36.1 Å². The second-order valence-electron chi connectivity index (χ2n) is 5.06. The van der Waals surface area contributed by atoms with Gasteiger partial charge in [0.1, 0.15) is 0 Å². The zero-order valence-electron chi connectivity index (χ0n) is 11.6. The molecule has 0 bridgehead atoms. The molecule has 0 saturated heterocycles. The Morgan fingerprint density at radius 2 is 1.40 bits per heavy atom. The lowest BCUT2D eigenvalue weighted by Crippen LogP contribution is -2.05. The summed E-state index contributed by atoms with van der Waals surface area (Å²) in [6, 6.07) is 11.9. The number of aryl methyl sites for hydroxylation is 2. The second-order valence-corrected chi connectivity index (χ2v) is 5.06. The normalized spacial score (nSPS) is 12.7. The quantitative estimate of drug-likeness (QED) is 0.870. The van der Waals surface area contributed by atoms with Crippen molar-refractivity contribution in [3.05, 3.63) is 70.3 Å². The first-order chi connectivity index (χ1) is 9.49. The number of halogens is 2. The lowest BCUT2D eigenvalue weighted by molar-refractivity contribution is 0.151. The Labute approximate surface area is 117 Å². The van der Waals surface area contributed by atoms with E-state index in [1.54, 1.807) is 12.1 Å². The summed E-state index contributed by atoms with van der Waals surface area (Å²) in [5, 5.41) is 10.3. The number of aliphatic hydroxyl groups excluding tert-OH is 1. The predicted octanol–water partition coefficient (Wildman–Crippen LogP) is 4.52. The van der Waals surface area contributed by atoms with Crippen molar-refractivity contribution in [2.75, 3.05) is 0 Å². The molecule has 0 aromatic heterocycles. The molecule has 20 heavy (non-hydrogen) atoms. The van der Waals surface area contributed by atoms with Crippen LogP contribution in [0.3, 0.4) is 0 Å². The minimum Gasteiger partial charge on any atom is -0.388 e. The van der Waals surface area contributed by atoms with Crippen LogP contribution in [0.25, 0.3) is 0 Å². The summed E-state index contributed by atoms with van der Waals surface area (Å²) in [4.78, 5) is 0. The summed E-state index contributed by atoms with van der Waals surface area (Å²) in [6.45, 7) is 4.02. The molecule has 0 heterocycles. The third-order valence-electron chi connectivity index (χ3n) is 3.62. The molecule has 0 aliphatic rings. The lowest BCUT2D eigenvalue weighted by atomic mass is 9.94. The number of benzene rings is 2. The molecule has 1 atom stereocenters. The average molecular weight is 276 g/mol. The smallest absolute Gasteiger partial charge is 0.263 e. The van der Waals surface area contributed by atoms with Crippen LogP contribution in [0.4, 0.5) is 8.78 Å². The van der Waals surface area contributed by atoms with E-state index in [1.807, 2.05) is 32.0 Å². The molecule has 106 valence electrons. The summed E-state index contributed by atoms with van der Waals surface area (Å²) in [6.07, 6.45) is -2.66. The fourth-order valence-electron chi connectivity index (χ4n) is 2.35. The van der Waals surface area contributed by atoms with E-state index >= 15 is 0 Å². The van der Waals surface area contributed by atoms with Crippen molar-refractivity contribution in [3.63, 3.8) is 0 Å². The number of alkyl halides is 2. The van der Waals surface area contributed by atoms with Crippen LogP contribution >= 0.6 is 0 Å². The maximum Gasteiger partial charge on any atom is 0.263 e. The van der Waals surface area contributed by atoms with Gasteiger partial charge in [-0.3, -0.25) is 0 Å². The first-order valence-electron chi connectivity index (χ1n) is 6.60. The maximum atomic E-state index is 12.5. The number of rotatable bonds is 4. The van der Waals surface area contributed by atoms with Crippen LogP contribution in [0.5, 0.6) is 0 Å². The van der Waals surface area contributed by atoms with E-state index in [4.69, 9.17) is 0 Å². The van der Waals surface area contributed by atoms with Crippen LogP contribution in [-0.2, 0) is 6.42 Å². The van der Waals surface area contributed by atoms with Gasteiger partial charge in [0.2, 0.25) is 0 Å². The molecule has 1 unspecified atom stereocenters. The van der Waals surface area contributed by atoms with E-state index in [9.17, 15) is 13.9 Å². The fraction of sp³-hybridized carbons (Fsp3) is 0.294. The highest BCUT2D eigenvalue weighted by atomic mass is 19.3. The molecular formula is C17H18F2O. The minimum absolute atomic E-state index is 0.0203. The zero-order chi connectivity index (χ0) is 14.7. The van der Waals surface area contributed by atoms with E-state index in [0.29, 0.717) is 12.0 Å². The van der Waals surface area contributed by atoms with Crippen molar-refractivity contribution in [2.45, 2.75) is 32.8 Å². The first kappa shape index (κ1) is 14.7. The van der Waals surface area contributed by atoms with Crippen LogP contribution in [0.1, 0.15) is 40.3 Å². The number of hydrogen-bond donors (Lipinski definition) is 1. The van der Waals surface area contributed by atoms with Gasteiger partial charge in [-0.2, -0.15) is 0 Å². The van der Waals surface area contributed by atoms with Crippen LogP contribution in [0.15, 0.2) is 42.5 Å². The van der Waals surface area contributed by atoms with Gasteiger partial charge in [0.05, 0.1) is 6.10 Å². The van der Waals surface area contributed by atoms with Gasteiger partial charge in [-0.25, -0.2) is 8.78 Å². The van der Waals surface area contributed by atoms with Crippen LogP contribution in [0, 0.1) is 13.8 Å². The Morgan fingerprint density at radius 3 is 1.90 bits per heavy atom. The lowest BCUT2D eigenvalue weighted by Gasteiger charge is -2.15. The van der Waals surface area contributed by atoms with Gasteiger partial charge < -0.3 is 5.11 Å². The summed E-state index contributed by atoms with van der Waals surface area (Å²) in [7, 11) is 0. The third-order valence-corrected chi connectivity index (χ3v) is 3.62. The van der Waals surface area contributed by atoms with Gasteiger partial charge in [-0.1, -0.05) is 42.5 Å². The zero-order valence-corrected chi connectivity index (χ0v) is 11.6. The Kier molecular flexibility index (Phi) is 4.50. The summed E-state index contributed by atoms with van der Waals surface area (Å²) < 4.78 is 25.0. The molecule has 2 aromatic carbocycles. The van der Waals surface area contributed by atoms with Crippen LogP contribution in [-0.4, -0.2) is 5.11 Å². The van der Waals surface area contributed by atoms with Crippen molar-refractivity contribution in [1.82, 2.24) is 0 Å². The molecular weight excluding hydrogens is 258 g/mol. The van der Waals surface area contributed by atoms with Crippen molar-refractivity contribution in [1.29, 1.82) is 0 Å². The Balaban J connectivity index is 2.17. The maximum absolute atomic E-state index is 12.5. The largest absolute Gasteiger partial charge is 0.388 e. The molecule has 1 nitrogen and oxygen atoms in total. The van der Waals surface area contributed by atoms with Gasteiger partial charge in [0.25, 0.3) is 6.43 Å². The van der Waals surface area contributed by atoms with Gasteiger partial charge >= 0.3 is 0 Å². The SMILES string of the molecule is Cc1cccc(C)c1CC(O)c1ccc(C(F)F)cc1. The van der Waals surface area contributed by atoms with Crippen LogP contribution in [0.2, 0.25) is 0 Å². The molecule has 0 aliphatic heterocycles. The Hall–Kier alpha value is -1.74. The fourth-order valence-corrected chi connectivity index (χ4v) is 2.35. The highest BCUT2D eigenvalue weighted by Gasteiger charge is 2.13. The number of hydrogen-bond acceptors (Lipinski definition) is 1. The molecule has 1 N–H and O–H groups in total. The summed E-state index contributed by atoms with van der Waals surface area (Å²) in [5.74, 6) is 0.